The predicted octanol–water partition coefficient (Wildman–Crippen LogP) is 23.9. The number of esters is 4. The van der Waals surface area contributed by atoms with E-state index in [4.69, 9.17) is 37.0 Å². The number of aliphatic hydroxyl groups excluding tert-OH is 1. The van der Waals surface area contributed by atoms with Gasteiger partial charge in [0.25, 0.3) is 0 Å². The van der Waals surface area contributed by atoms with E-state index in [1.54, 1.807) is 0 Å². The zero-order chi connectivity index (χ0) is 72.8. The third-order valence-electron chi connectivity index (χ3n) is 19.1. The summed E-state index contributed by atoms with van der Waals surface area (Å²) in [6, 6.07) is 0. The average Bonchev–Trinajstić information content (AvgIpc) is 2.38. The standard InChI is InChI=1S/C80H156O17P2/c1-7-10-12-14-16-18-20-22-24-26-28-30-32-34-36-38-43-50-56-62-77(82)90-68-75(96-79(84)64-58-52-44-39-37-35-33-31-29-27-25-23-21-19-17-15-13-11-8-2)70-94-98(86,87)92-66-74(81)67-93-99(88,89)95-71-76(69-91-78(83)63-57-51-47-46-48-54-60-72(4)5)97-80(85)65-59-53-45-41-40-42-49-55-61-73(6)9-3/h72-76,81H,7-71H2,1-6H3,(H,86,87)(H,88,89)/t73?,74-,75-,76-/m1/s1. The summed E-state index contributed by atoms with van der Waals surface area (Å²) >= 11 is 0. The fourth-order valence-corrected chi connectivity index (χ4v) is 13.9. The van der Waals surface area contributed by atoms with Crippen molar-refractivity contribution in [3.8, 4) is 0 Å². The van der Waals surface area contributed by atoms with Crippen LogP contribution in [0.5, 0.6) is 0 Å². The fourth-order valence-electron chi connectivity index (χ4n) is 12.3. The lowest BCUT2D eigenvalue weighted by molar-refractivity contribution is -0.161. The summed E-state index contributed by atoms with van der Waals surface area (Å²) in [5.41, 5.74) is 0. The molecule has 0 amide bonds. The lowest BCUT2D eigenvalue weighted by atomic mass is 9.99. The molecule has 0 aliphatic heterocycles. The molecule has 0 heterocycles. The van der Waals surface area contributed by atoms with E-state index in [1.807, 2.05) is 0 Å². The first-order valence-electron chi connectivity index (χ1n) is 41.5. The Morgan fingerprint density at radius 1 is 0.293 bits per heavy atom. The summed E-state index contributed by atoms with van der Waals surface area (Å²) in [5, 5.41) is 10.6. The molecule has 0 fully saturated rings. The highest BCUT2D eigenvalue weighted by atomic mass is 31.2. The number of ether oxygens (including phenoxy) is 4. The Kier molecular flexibility index (Phi) is 70.3. The van der Waals surface area contributed by atoms with Crippen LogP contribution in [0.25, 0.3) is 0 Å². The highest BCUT2D eigenvalue weighted by molar-refractivity contribution is 7.47. The first-order chi connectivity index (χ1) is 47.9. The maximum atomic E-state index is 13.1. The molecule has 19 heteroatoms. The van der Waals surface area contributed by atoms with Crippen LogP contribution >= 0.6 is 15.6 Å². The van der Waals surface area contributed by atoms with Crippen LogP contribution in [0.3, 0.4) is 0 Å². The second kappa shape index (κ2) is 71.7. The van der Waals surface area contributed by atoms with Gasteiger partial charge in [0.1, 0.15) is 19.3 Å². The number of rotatable bonds is 79. The second-order valence-corrected chi connectivity index (χ2v) is 32.4. The molecule has 0 aliphatic carbocycles. The van der Waals surface area contributed by atoms with Gasteiger partial charge in [0, 0.05) is 25.7 Å². The highest BCUT2D eigenvalue weighted by Gasteiger charge is 2.30. The Balaban J connectivity index is 5.21. The van der Waals surface area contributed by atoms with Crippen molar-refractivity contribution in [1.82, 2.24) is 0 Å². The van der Waals surface area contributed by atoms with Crippen LogP contribution in [0.1, 0.15) is 420 Å². The molecule has 3 unspecified atom stereocenters. The first kappa shape index (κ1) is 97.1. The number of carbonyl (C=O) groups excluding carboxylic acids is 4. The summed E-state index contributed by atoms with van der Waals surface area (Å²) in [4.78, 5) is 72.9. The minimum absolute atomic E-state index is 0.104. The third-order valence-corrected chi connectivity index (χ3v) is 21.0. The molecule has 6 atom stereocenters. The van der Waals surface area contributed by atoms with E-state index in [2.05, 4.69) is 41.5 Å². The topological polar surface area (TPSA) is 237 Å². The largest absolute Gasteiger partial charge is 0.472 e. The molecule has 0 radical (unpaired) electrons. The molecular weight excluding hydrogens is 1290 g/mol. The van der Waals surface area contributed by atoms with Crippen molar-refractivity contribution in [2.24, 2.45) is 11.8 Å². The summed E-state index contributed by atoms with van der Waals surface area (Å²) in [7, 11) is -9.92. The van der Waals surface area contributed by atoms with E-state index in [-0.39, 0.29) is 25.7 Å². The number of hydrogen-bond donors (Lipinski definition) is 3. The maximum Gasteiger partial charge on any atom is 0.472 e. The molecule has 3 N–H and O–H groups in total. The molecule has 0 aromatic carbocycles. The first-order valence-corrected chi connectivity index (χ1v) is 44.5. The van der Waals surface area contributed by atoms with Crippen LogP contribution in [0.2, 0.25) is 0 Å². The van der Waals surface area contributed by atoms with Crippen molar-refractivity contribution in [2.45, 2.75) is 439 Å². The van der Waals surface area contributed by atoms with Crippen molar-refractivity contribution >= 4 is 39.5 Å². The minimum Gasteiger partial charge on any atom is -0.462 e. The zero-order valence-electron chi connectivity index (χ0n) is 64.8. The Bertz CT molecular complexity index is 1910. The number of phosphoric acid groups is 2. The summed E-state index contributed by atoms with van der Waals surface area (Å²) < 4.78 is 68.6. The Morgan fingerprint density at radius 3 is 0.768 bits per heavy atom. The molecule has 17 nitrogen and oxygen atoms in total. The fraction of sp³-hybridized carbons (Fsp3) is 0.950. The van der Waals surface area contributed by atoms with Crippen LogP contribution in [0.4, 0.5) is 0 Å². The molecule has 0 aromatic heterocycles. The SMILES string of the molecule is CCCCCCCCCCCCCCCCCCCCCC(=O)OC[C@H](COP(=O)(O)OC[C@@H](O)COP(=O)(O)OC[C@@H](COC(=O)CCCCCCCCC(C)C)OC(=O)CCCCCCCCCCC(C)CC)OC(=O)CCCCCCCCCCCCCCCCCCCCC. The van der Waals surface area contributed by atoms with Gasteiger partial charge in [-0.15, -0.1) is 0 Å². The van der Waals surface area contributed by atoms with Gasteiger partial charge in [0.05, 0.1) is 26.4 Å². The highest BCUT2D eigenvalue weighted by Crippen LogP contribution is 2.45. The molecule has 0 aliphatic rings. The van der Waals surface area contributed by atoms with Crippen LogP contribution < -0.4 is 0 Å². The molecular formula is C80H156O17P2. The van der Waals surface area contributed by atoms with Gasteiger partial charge >= 0.3 is 39.5 Å². The quantitative estimate of drug-likeness (QED) is 0.0222. The summed E-state index contributed by atoms with van der Waals surface area (Å²) in [6.45, 7) is 9.53. The van der Waals surface area contributed by atoms with Crippen LogP contribution in [0, 0.1) is 11.8 Å². The van der Waals surface area contributed by atoms with Gasteiger partial charge in [-0.2, -0.15) is 0 Å². The van der Waals surface area contributed by atoms with Gasteiger partial charge in [0.2, 0.25) is 0 Å². The number of hydrogen-bond acceptors (Lipinski definition) is 15. The van der Waals surface area contributed by atoms with Gasteiger partial charge < -0.3 is 33.8 Å². The van der Waals surface area contributed by atoms with E-state index in [0.29, 0.717) is 31.6 Å². The smallest absolute Gasteiger partial charge is 0.462 e. The Hall–Kier alpha value is -1.94. The molecule has 0 spiro atoms. The van der Waals surface area contributed by atoms with E-state index in [9.17, 15) is 43.2 Å². The van der Waals surface area contributed by atoms with E-state index < -0.39 is 97.5 Å². The predicted molar refractivity (Wildman–Crippen MR) is 405 cm³/mol. The lowest BCUT2D eigenvalue weighted by Gasteiger charge is -2.21. The zero-order valence-corrected chi connectivity index (χ0v) is 66.6. The number of unbranched alkanes of at least 4 members (excludes halogenated alkanes) is 48. The lowest BCUT2D eigenvalue weighted by Crippen LogP contribution is -2.30. The maximum absolute atomic E-state index is 13.1. The molecule has 0 aromatic rings. The van der Waals surface area contributed by atoms with Gasteiger partial charge in [-0.25, -0.2) is 9.13 Å². The molecule has 588 valence electrons. The van der Waals surface area contributed by atoms with Crippen molar-refractivity contribution in [1.29, 1.82) is 0 Å². The molecule has 99 heavy (non-hydrogen) atoms. The van der Waals surface area contributed by atoms with Gasteiger partial charge in [-0.3, -0.25) is 37.3 Å². The number of carbonyl (C=O) groups is 4. The van der Waals surface area contributed by atoms with Crippen LogP contribution in [-0.2, 0) is 65.4 Å². The number of phosphoric ester groups is 2. The Labute approximate surface area is 607 Å². The van der Waals surface area contributed by atoms with Crippen LogP contribution in [0.15, 0.2) is 0 Å². The Morgan fingerprint density at radius 2 is 0.515 bits per heavy atom. The molecule has 0 saturated carbocycles. The van der Waals surface area contributed by atoms with Crippen LogP contribution in [-0.4, -0.2) is 96.7 Å². The molecule has 0 saturated heterocycles. The van der Waals surface area contributed by atoms with Gasteiger partial charge in [0.15, 0.2) is 12.2 Å². The summed E-state index contributed by atoms with van der Waals surface area (Å²) in [5.74, 6) is -0.666. The monoisotopic (exact) mass is 1450 g/mol. The normalized spacial score (nSPS) is 14.2. The van der Waals surface area contributed by atoms with Gasteiger partial charge in [-0.1, -0.05) is 369 Å². The van der Waals surface area contributed by atoms with Crippen molar-refractivity contribution < 1.29 is 80.2 Å². The van der Waals surface area contributed by atoms with Crippen molar-refractivity contribution in [3.05, 3.63) is 0 Å². The van der Waals surface area contributed by atoms with Crippen molar-refractivity contribution in [2.75, 3.05) is 39.6 Å². The van der Waals surface area contributed by atoms with Crippen molar-refractivity contribution in [3.63, 3.8) is 0 Å². The average molecular weight is 1450 g/mol. The van der Waals surface area contributed by atoms with E-state index in [0.717, 1.165) is 102 Å². The molecule has 0 bridgehead atoms. The van der Waals surface area contributed by atoms with Gasteiger partial charge in [-0.05, 0) is 37.5 Å². The molecule has 0 rings (SSSR count). The van der Waals surface area contributed by atoms with E-state index in [1.165, 1.54) is 231 Å². The third kappa shape index (κ3) is 72.8. The van der Waals surface area contributed by atoms with E-state index >= 15 is 0 Å². The number of aliphatic hydroxyl groups is 1. The summed E-state index contributed by atoms with van der Waals surface area (Å²) in [6.07, 6.45) is 61.3. The second-order valence-electron chi connectivity index (χ2n) is 29.5. The minimum atomic E-state index is -4.96.